The van der Waals surface area contributed by atoms with Crippen LogP contribution in [0.2, 0.25) is 36.3 Å². The highest BCUT2D eigenvalue weighted by Crippen LogP contribution is 2.40. The van der Waals surface area contributed by atoms with Gasteiger partial charge < -0.3 is 23.4 Å². The summed E-state index contributed by atoms with van der Waals surface area (Å²) in [4.78, 5) is 11.7. The van der Waals surface area contributed by atoms with Crippen LogP contribution in [-0.2, 0) is 25.0 Å². The Balaban J connectivity index is 2.95. The van der Waals surface area contributed by atoms with Crippen molar-refractivity contribution >= 4 is 22.6 Å². The number of rotatable bonds is 14. The van der Waals surface area contributed by atoms with Crippen LogP contribution >= 0.6 is 0 Å². The topological polar surface area (TPSA) is 74.2 Å². The highest BCUT2D eigenvalue weighted by molar-refractivity contribution is 6.74. The first kappa shape index (κ1) is 31.8. The van der Waals surface area contributed by atoms with Crippen LogP contribution in [0, 0.1) is 0 Å². The fraction of sp³-hybridized carbons (Fsp3) is 0.741. The molecule has 0 aliphatic heterocycles. The zero-order valence-corrected chi connectivity index (χ0v) is 26.0. The maximum absolute atomic E-state index is 11.7. The molecule has 8 heteroatoms. The van der Waals surface area contributed by atoms with Crippen LogP contribution in [0.1, 0.15) is 66.4 Å². The van der Waals surface area contributed by atoms with Gasteiger partial charge >= 0.3 is 5.97 Å². The van der Waals surface area contributed by atoms with Crippen molar-refractivity contribution in [1.82, 2.24) is 0 Å². The number of hydrogen-bond acceptors (Lipinski definition) is 5. The van der Waals surface area contributed by atoms with Crippen LogP contribution in [-0.4, -0.2) is 53.6 Å². The van der Waals surface area contributed by atoms with E-state index in [-0.39, 0.29) is 28.7 Å². The lowest BCUT2D eigenvalue weighted by Gasteiger charge is -2.42. The summed E-state index contributed by atoms with van der Waals surface area (Å²) in [5.41, 5.74) is 1.08. The van der Waals surface area contributed by atoms with Gasteiger partial charge in [-0.2, -0.15) is 0 Å². The molecular formula is C27H50O6Si2. The molecule has 0 amide bonds. The van der Waals surface area contributed by atoms with Crippen molar-refractivity contribution in [1.29, 1.82) is 0 Å². The standard InChI is InChI=1S/C27H50O6Si2/c1-26(2,3)34(8,9)32-23(16-17-31-20-21-12-14-22(30-7)15-13-21)18-24(19-25(28)29)33-35(10,11)27(4,5)6/h12-15,23-24H,16-20H2,1-11H3,(H,28,29)/t23-,24+/m1/s1. The molecule has 0 unspecified atom stereocenters. The first-order chi connectivity index (χ1) is 15.9. The summed E-state index contributed by atoms with van der Waals surface area (Å²) < 4.78 is 24.6. The largest absolute Gasteiger partial charge is 0.497 e. The van der Waals surface area contributed by atoms with Gasteiger partial charge in [0.25, 0.3) is 0 Å². The van der Waals surface area contributed by atoms with E-state index in [2.05, 4.69) is 67.7 Å². The molecule has 6 nitrogen and oxygen atoms in total. The molecule has 1 rings (SSSR count). The number of hydrogen-bond donors (Lipinski definition) is 1. The van der Waals surface area contributed by atoms with Crippen LogP contribution in [0.25, 0.3) is 0 Å². The lowest BCUT2D eigenvalue weighted by molar-refractivity contribution is -0.139. The Bertz CT molecular complexity index is 778. The molecule has 35 heavy (non-hydrogen) atoms. The second-order valence-electron chi connectivity index (χ2n) is 12.5. The summed E-state index contributed by atoms with van der Waals surface area (Å²) in [6.45, 7) is 23.0. The fourth-order valence-corrected chi connectivity index (χ4v) is 5.97. The number of aliphatic carboxylic acids is 1. The Morgan fingerprint density at radius 3 is 1.80 bits per heavy atom. The first-order valence-corrected chi connectivity index (χ1v) is 18.5. The monoisotopic (exact) mass is 526 g/mol. The molecule has 0 radical (unpaired) electrons. The molecule has 202 valence electrons. The summed E-state index contributed by atoms with van der Waals surface area (Å²) in [7, 11) is -2.55. The van der Waals surface area contributed by atoms with E-state index < -0.39 is 22.6 Å². The zero-order valence-electron chi connectivity index (χ0n) is 24.0. The zero-order chi connectivity index (χ0) is 27.1. The van der Waals surface area contributed by atoms with Gasteiger partial charge in [-0.3, -0.25) is 4.79 Å². The van der Waals surface area contributed by atoms with Gasteiger partial charge in [0.1, 0.15) is 5.75 Å². The second kappa shape index (κ2) is 12.9. The third-order valence-electron chi connectivity index (χ3n) is 7.47. The quantitative estimate of drug-likeness (QED) is 0.203. The normalized spacial score (nSPS) is 15.1. The molecule has 0 fully saturated rings. The number of carbonyl (C=O) groups is 1. The Labute approximate surface area is 216 Å². The van der Waals surface area contributed by atoms with E-state index in [1.165, 1.54) is 0 Å². The summed E-state index contributed by atoms with van der Waals surface area (Å²) in [5.74, 6) is -0.0154. The van der Waals surface area contributed by atoms with Crippen molar-refractivity contribution < 1.29 is 28.2 Å². The minimum Gasteiger partial charge on any atom is -0.497 e. The van der Waals surface area contributed by atoms with Gasteiger partial charge in [-0.1, -0.05) is 53.7 Å². The maximum atomic E-state index is 11.7. The van der Waals surface area contributed by atoms with Crippen LogP contribution < -0.4 is 4.74 Å². The predicted octanol–water partition coefficient (Wildman–Crippen LogP) is 7.25. The van der Waals surface area contributed by atoms with Gasteiger partial charge in [-0.15, -0.1) is 0 Å². The lowest BCUT2D eigenvalue weighted by atomic mass is 10.1. The summed E-state index contributed by atoms with van der Waals surface area (Å²) in [6.07, 6.45) is 0.721. The van der Waals surface area contributed by atoms with Gasteiger partial charge in [0, 0.05) is 12.7 Å². The molecule has 0 spiro atoms. The number of benzene rings is 1. The molecule has 1 aromatic carbocycles. The van der Waals surface area contributed by atoms with E-state index in [4.69, 9.17) is 18.3 Å². The number of carboxylic acids is 1. The number of carboxylic acid groups (broad SMARTS) is 1. The van der Waals surface area contributed by atoms with E-state index in [0.29, 0.717) is 26.1 Å². The van der Waals surface area contributed by atoms with E-state index in [9.17, 15) is 9.90 Å². The maximum Gasteiger partial charge on any atom is 0.305 e. The van der Waals surface area contributed by atoms with Gasteiger partial charge in [-0.25, -0.2) is 0 Å². The third-order valence-corrected chi connectivity index (χ3v) is 16.5. The molecule has 0 aromatic heterocycles. The van der Waals surface area contributed by atoms with E-state index >= 15 is 0 Å². The molecule has 0 saturated carbocycles. The van der Waals surface area contributed by atoms with Crippen LogP contribution in [0.3, 0.4) is 0 Å². The average molecular weight is 527 g/mol. The van der Waals surface area contributed by atoms with Crippen molar-refractivity contribution in [3.8, 4) is 5.75 Å². The van der Waals surface area contributed by atoms with Crippen molar-refractivity contribution in [2.24, 2.45) is 0 Å². The fourth-order valence-electron chi connectivity index (χ4n) is 3.20. The van der Waals surface area contributed by atoms with Crippen molar-refractivity contribution in [3.05, 3.63) is 29.8 Å². The van der Waals surface area contributed by atoms with Crippen LogP contribution in [0.15, 0.2) is 24.3 Å². The van der Waals surface area contributed by atoms with Gasteiger partial charge in [0.2, 0.25) is 0 Å². The molecule has 1 N–H and O–H groups in total. The highest BCUT2D eigenvalue weighted by Gasteiger charge is 2.42. The molecule has 0 aliphatic carbocycles. The Morgan fingerprint density at radius 2 is 1.37 bits per heavy atom. The summed E-state index contributed by atoms with van der Waals surface area (Å²) in [5, 5.41) is 9.66. The Hall–Kier alpha value is -1.20. The molecule has 1 aromatic rings. The summed E-state index contributed by atoms with van der Waals surface area (Å²) in [6, 6.07) is 7.85. The molecule has 0 aliphatic rings. The number of ether oxygens (including phenoxy) is 2. The van der Waals surface area contributed by atoms with E-state index in [0.717, 1.165) is 11.3 Å². The van der Waals surface area contributed by atoms with Crippen LogP contribution in [0.5, 0.6) is 5.75 Å². The molecule has 0 bridgehead atoms. The van der Waals surface area contributed by atoms with Crippen molar-refractivity contribution in [3.63, 3.8) is 0 Å². The second-order valence-corrected chi connectivity index (χ2v) is 22.0. The van der Waals surface area contributed by atoms with E-state index in [1.807, 2.05) is 24.3 Å². The first-order valence-electron chi connectivity index (χ1n) is 12.7. The van der Waals surface area contributed by atoms with Gasteiger partial charge in [-0.05, 0) is 66.8 Å². The van der Waals surface area contributed by atoms with E-state index in [1.54, 1.807) is 7.11 Å². The minimum absolute atomic E-state index is 0.00101. The molecule has 2 atom stereocenters. The van der Waals surface area contributed by atoms with Gasteiger partial charge in [0.15, 0.2) is 16.6 Å². The Kier molecular flexibility index (Phi) is 11.7. The molecule has 0 saturated heterocycles. The molecule has 0 heterocycles. The third kappa shape index (κ3) is 10.8. The van der Waals surface area contributed by atoms with Crippen LogP contribution in [0.4, 0.5) is 0 Å². The summed E-state index contributed by atoms with van der Waals surface area (Å²) >= 11 is 0. The van der Waals surface area contributed by atoms with Crippen molar-refractivity contribution in [2.45, 2.75) is 116 Å². The van der Waals surface area contributed by atoms with Crippen molar-refractivity contribution in [2.75, 3.05) is 13.7 Å². The van der Waals surface area contributed by atoms with Gasteiger partial charge in [0.05, 0.1) is 26.2 Å². The minimum atomic E-state index is -2.14. The smallest absolute Gasteiger partial charge is 0.305 e. The highest BCUT2D eigenvalue weighted by atomic mass is 28.4. The molecular weight excluding hydrogens is 476 g/mol. The predicted molar refractivity (Wildman–Crippen MR) is 148 cm³/mol. The SMILES string of the molecule is COc1ccc(COCC[C@H](C[C@@H](CC(=O)O)O[Si](C)(C)C(C)(C)C)O[Si](C)(C)C(C)(C)C)cc1. The number of methoxy groups -OCH3 is 1. The lowest BCUT2D eigenvalue weighted by Crippen LogP contribution is -2.47. The average Bonchev–Trinajstić information content (AvgIpc) is 2.68. The Morgan fingerprint density at radius 1 is 0.886 bits per heavy atom.